The molecular formula is C14H23N3O2. The van der Waals surface area contributed by atoms with Crippen molar-refractivity contribution in [3.8, 4) is 5.88 Å². The van der Waals surface area contributed by atoms with E-state index >= 15 is 0 Å². The highest BCUT2D eigenvalue weighted by Crippen LogP contribution is 2.14. The molecule has 0 spiro atoms. The summed E-state index contributed by atoms with van der Waals surface area (Å²) in [6, 6.07) is 0. The second-order valence-corrected chi connectivity index (χ2v) is 5.41. The highest BCUT2D eigenvalue weighted by atomic mass is 16.5. The standard InChI is InChI=1S/C14H23N3O2/c1-11(2)5-15-6-13-7-17-14(8-16-13)19-10-12-3-4-18-9-12/h7-8,11-12,15H,3-6,9-10H2,1-2H3. The molecule has 1 unspecified atom stereocenters. The molecule has 0 saturated carbocycles. The van der Waals surface area contributed by atoms with E-state index in [2.05, 4.69) is 29.1 Å². The number of hydrogen-bond donors (Lipinski definition) is 1. The molecule has 1 aliphatic rings. The Morgan fingerprint density at radius 3 is 2.95 bits per heavy atom. The van der Waals surface area contributed by atoms with E-state index < -0.39 is 0 Å². The van der Waals surface area contributed by atoms with Crippen molar-refractivity contribution in [3.63, 3.8) is 0 Å². The molecule has 2 heterocycles. The SMILES string of the molecule is CC(C)CNCc1cnc(OCC2CCOC2)cn1. The number of rotatable bonds is 7. The Hall–Kier alpha value is -1.20. The van der Waals surface area contributed by atoms with Crippen LogP contribution in [-0.4, -0.2) is 36.3 Å². The van der Waals surface area contributed by atoms with Crippen LogP contribution >= 0.6 is 0 Å². The lowest BCUT2D eigenvalue weighted by Crippen LogP contribution is -2.19. The van der Waals surface area contributed by atoms with E-state index in [0.29, 0.717) is 24.3 Å². The van der Waals surface area contributed by atoms with Crippen LogP contribution in [0.5, 0.6) is 5.88 Å². The summed E-state index contributed by atoms with van der Waals surface area (Å²) in [7, 11) is 0. The van der Waals surface area contributed by atoms with E-state index in [1.807, 2.05) is 0 Å². The molecule has 1 saturated heterocycles. The minimum atomic E-state index is 0.495. The number of nitrogens with zero attached hydrogens (tertiary/aromatic N) is 2. The highest BCUT2D eigenvalue weighted by molar-refractivity contribution is 5.07. The van der Waals surface area contributed by atoms with E-state index in [-0.39, 0.29) is 0 Å². The number of nitrogens with one attached hydrogen (secondary N) is 1. The van der Waals surface area contributed by atoms with Crippen LogP contribution in [0.2, 0.25) is 0 Å². The Bertz CT molecular complexity index is 361. The molecule has 0 aromatic carbocycles. The molecule has 0 amide bonds. The minimum absolute atomic E-state index is 0.495. The van der Waals surface area contributed by atoms with Gasteiger partial charge in [0.25, 0.3) is 0 Å². The van der Waals surface area contributed by atoms with Crippen molar-refractivity contribution in [2.24, 2.45) is 11.8 Å². The first-order chi connectivity index (χ1) is 9.24. The molecule has 0 aliphatic carbocycles. The zero-order chi connectivity index (χ0) is 13.5. The van der Waals surface area contributed by atoms with Gasteiger partial charge in [-0.3, -0.25) is 4.98 Å². The fourth-order valence-corrected chi connectivity index (χ4v) is 1.92. The van der Waals surface area contributed by atoms with Crippen LogP contribution in [0.15, 0.2) is 12.4 Å². The van der Waals surface area contributed by atoms with Crippen molar-refractivity contribution in [2.75, 3.05) is 26.4 Å². The molecule has 1 aliphatic heterocycles. The lowest BCUT2D eigenvalue weighted by molar-refractivity contribution is 0.165. The van der Waals surface area contributed by atoms with Crippen molar-refractivity contribution in [1.82, 2.24) is 15.3 Å². The Balaban J connectivity index is 1.71. The van der Waals surface area contributed by atoms with E-state index in [9.17, 15) is 0 Å². The molecule has 2 rings (SSSR count). The van der Waals surface area contributed by atoms with Crippen LogP contribution in [0.25, 0.3) is 0 Å². The third-order valence-corrected chi connectivity index (χ3v) is 3.03. The third-order valence-electron chi connectivity index (χ3n) is 3.03. The zero-order valence-corrected chi connectivity index (χ0v) is 11.8. The third kappa shape index (κ3) is 5.12. The molecule has 1 aromatic heterocycles. The average molecular weight is 265 g/mol. The quantitative estimate of drug-likeness (QED) is 0.812. The predicted octanol–water partition coefficient (Wildman–Crippen LogP) is 1.64. The Labute approximate surface area is 114 Å². The van der Waals surface area contributed by atoms with Gasteiger partial charge in [-0.25, -0.2) is 4.98 Å². The summed E-state index contributed by atoms with van der Waals surface area (Å²) in [5.74, 6) is 1.73. The van der Waals surface area contributed by atoms with Gasteiger partial charge in [-0.05, 0) is 18.9 Å². The molecule has 1 atom stereocenters. The summed E-state index contributed by atoms with van der Waals surface area (Å²) in [6.45, 7) is 8.42. The van der Waals surface area contributed by atoms with Crippen LogP contribution in [0.3, 0.4) is 0 Å². The lowest BCUT2D eigenvalue weighted by atomic mass is 10.1. The summed E-state index contributed by atoms with van der Waals surface area (Å²) in [6.07, 6.45) is 4.54. The number of hydrogen-bond acceptors (Lipinski definition) is 5. The van der Waals surface area contributed by atoms with Gasteiger partial charge in [-0.1, -0.05) is 13.8 Å². The fourth-order valence-electron chi connectivity index (χ4n) is 1.92. The van der Waals surface area contributed by atoms with Gasteiger partial charge in [0, 0.05) is 19.1 Å². The Morgan fingerprint density at radius 2 is 2.32 bits per heavy atom. The van der Waals surface area contributed by atoms with E-state index in [0.717, 1.165) is 38.4 Å². The Kier molecular flexibility index (Phi) is 5.54. The molecule has 5 nitrogen and oxygen atoms in total. The number of ether oxygens (including phenoxy) is 2. The maximum absolute atomic E-state index is 5.61. The van der Waals surface area contributed by atoms with Crippen molar-refractivity contribution >= 4 is 0 Å². The first-order valence-corrected chi connectivity index (χ1v) is 6.96. The van der Waals surface area contributed by atoms with Crippen LogP contribution in [0, 0.1) is 11.8 Å². The summed E-state index contributed by atoms with van der Waals surface area (Å²) < 4.78 is 10.9. The maximum Gasteiger partial charge on any atom is 0.232 e. The summed E-state index contributed by atoms with van der Waals surface area (Å²) in [5.41, 5.74) is 0.942. The van der Waals surface area contributed by atoms with Crippen molar-refractivity contribution in [1.29, 1.82) is 0 Å². The maximum atomic E-state index is 5.61. The smallest absolute Gasteiger partial charge is 0.232 e. The van der Waals surface area contributed by atoms with Crippen molar-refractivity contribution in [2.45, 2.75) is 26.8 Å². The second-order valence-electron chi connectivity index (χ2n) is 5.41. The molecule has 106 valence electrons. The molecule has 19 heavy (non-hydrogen) atoms. The van der Waals surface area contributed by atoms with E-state index in [1.54, 1.807) is 12.4 Å². The monoisotopic (exact) mass is 265 g/mol. The number of aromatic nitrogens is 2. The van der Waals surface area contributed by atoms with Gasteiger partial charge in [0.15, 0.2) is 0 Å². The van der Waals surface area contributed by atoms with Crippen LogP contribution in [-0.2, 0) is 11.3 Å². The van der Waals surface area contributed by atoms with Crippen molar-refractivity contribution in [3.05, 3.63) is 18.1 Å². The highest BCUT2D eigenvalue weighted by Gasteiger charge is 2.16. The van der Waals surface area contributed by atoms with Gasteiger partial charge in [0.1, 0.15) is 0 Å². The van der Waals surface area contributed by atoms with Crippen LogP contribution < -0.4 is 10.1 Å². The van der Waals surface area contributed by atoms with Gasteiger partial charge in [-0.2, -0.15) is 0 Å². The molecule has 0 radical (unpaired) electrons. The zero-order valence-electron chi connectivity index (χ0n) is 11.8. The van der Waals surface area contributed by atoms with Gasteiger partial charge >= 0.3 is 0 Å². The summed E-state index contributed by atoms with van der Waals surface area (Å²) >= 11 is 0. The van der Waals surface area contributed by atoms with Gasteiger partial charge in [0.2, 0.25) is 5.88 Å². The van der Waals surface area contributed by atoms with E-state index in [1.165, 1.54) is 0 Å². The molecule has 0 bridgehead atoms. The largest absolute Gasteiger partial charge is 0.476 e. The van der Waals surface area contributed by atoms with Crippen LogP contribution in [0.4, 0.5) is 0 Å². The fraction of sp³-hybridized carbons (Fsp3) is 0.714. The average Bonchev–Trinajstić information content (AvgIpc) is 2.90. The molecule has 1 aromatic rings. The Morgan fingerprint density at radius 1 is 1.42 bits per heavy atom. The first kappa shape index (κ1) is 14.2. The molecule has 1 N–H and O–H groups in total. The summed E-state index contributed by atoms with van der Waals surface area (Å²) in [4.78, 5) is 8.61. The van der Waals surface area contributed by atoms with Gasteiger partial charge < -0.3 is 14.8 Å². The lowest BCUT2D eigenvalue weighted by Gasteiger charge is -2.10. The summed E-state index contributed by atoms with van der Waals surface area (Å²) in [5, 5.41) is 3.34. The molecule has 1 fully saturated rings. The molecule has 5 heteroatoms. The topological polar surface area (TPSA) is 56.3 Å². The van der Waals surface area contributed by atoms with Crippen molar-refractivity contribution < 1.29 is 9.47 Å². The first-order valence-electron chi connectivity index (χ1n) is 6.96. The van der Waals surface area contributed by atoms with Gasteiger partial charge in [0.05, 0.1) is 31.3 Å². The van der Waals surface area contributed by atoms with Crippen LogP contribution in [0.1, 0.15) is 26.0 Å². The van der Waals surface area contributed by atoms with E-state index in [4.69, 9.17) is 9.47 Å². The second kappa shape index (κ2) is 7.40. The minimum Gasteiger partial charge on any atom is -0.476 e. The predicted molar refractivity (Wildman–Crippen MR) is 73.0 cm³/mol. The molecular weight excluding hydrogens is 242 g/mol. The normalized spacial score (nSPS) is 19.0. The van der Waals surface area contributed by atoms with Gasteiger partial charge in [-0.15, -0.1) is 0 Å².